The summed E-state index contributed by atoms with van der Waals surface area (Å²) in [4.78, 5) is 30.2. The second kappa shape index (κ2) is 12.3. The lowest BCUT2D eigenvalue weighted by Crippen LogP contribution is -2.47. The lowest BCUT2D eigenvalue weighted by molar-refractivity contribution is -0.155. The third-order valence-electron chi connectivity index (χ3n) is 5.46. The highest BCUT2D eigenvalue weighted by molar-refractivity contribution is 7.89. The number of ether oxygens (including phenoxy) is 2. The topological polar surface area (TPSA) is 105 Å². The first-order valence-electron chi connectivity index (χ1n) is 12.1. The fraction of sp³-hybridized carbons (Fsp3) is 0.462. The highest BCUT2D eigenvalue weighted by atomic mass is 32.2. The maximum Gasteiger partial charge on any atom is 0.308 e. The third kappa shape index (κ3) is 8.61. The molecule has 1 N–H and O–H groups in total. The Hall–Kier alpha value is -2.95. The highest BCUT2D eigenvalue weighted by Crippen LogP contribution is 2.16. The molecule has 0 spiro atoms. The molecule has 196 valence electrons. The van der Waals surface area contributed by atoms with Gasteiger partial charge in [-0.15, -0.1) is 4.83 Å². The van der Waals surface area contributed by atoms with Crippen LogP contribution in [0.5, 0.6) is 5.75 Å². The summed E-state index contributed by atoms with van der Waals surface area (Å²) in [6, 6.07) is 14.2. The van der Waals surface area contributed by atoms with Gasteiger partial charge in [-0.05, 0) is 83.1 Å². The SMILES string of the molecule is CC(C)(C)OC(=O)CCN(NS(=O)(=O)c1ccccc1)C(=O)c1ccc(OCCN2CCCC2)cc1. The van der Waals surface area contributed by atoms with E-state index in [9.17, 15) is 18.0 Å². The predicted molar refractivity (Wildman–Crippen MR) is 136 cm³/mol. The van der Waals surface area contributed by atoms with Gasteiger partial charge in [0.15, 0.2) is 0 Å². The predicted octanol–water partition coefficient (Wildman–Crippen LogP) is 3.23. The van der Waals surface area contributed by atoms with Gasteiger partial charge >= 0.3 is 5.97 Å². The number of esters is 1. The molecule has 9 nitrogen and oxygen atoms in total. The molecule has 3 rings (SSSR count). The number of benzene rings is 2. The van der Waals surface area contributed by atoms with Crippen molar-refractivity contribution in [2.75, 3.05) is 32.8 Å². The van der Waals surface area contributed by atoms with Crippen LogP contribution in [0.15, 0.2) is 59.5 Å². The number of amides is 1. The number of nitrogens with one attached hydrogen (secondary N) is 1. The van der Waals surface area contributed by atoms with Gasteiger partial charge in [0.2, 0.25) is 0 Å². The van der Waals surface area contributed by atoms with Crippen LogP contribution in [0.4, 0.5) is 0 Å². The Morgan fingerprint density at radius 3 is 2.25 bits per heavy atom. The Balaban J connectivity index is 1.68. The fourth-order valence-electron chi connectivity index (χ4n) is 3.73. The fourth-order valence-corrected chi connectivity index (χ4v) is 4.82. The first-order valence-corrected chi connectivity index (χ1v) is 13.6. The van der Waals surface area contributed by atoms with E-state index >= 15 is 0 Å². The van der Waals surface area contributed by atoms with Gasteiger partial charge in [-0.3, -0.25) is 19.5 Å². The maximum atomic E-state index is 13.3. The van der Waals surface area contributed by atoms with E-state index in [2.05, 4.69) is 9.73 Å². The molecule has 1 saturated heterocycles. The summed E-state index contributed by atoms with van der Waals surface area (Å²) in [5.74, 6) is -0.515. The molecule has 0 unspecified atom stereocenters. The maximum absolute atomic E-state index is 13.3. The highest BCUT2D eigenvalue weighted by Gasteiger charge is 2.25. The average Bonchev–Trinajstić information content (AvgIpc) is 3.35. The van der Waals surface area contributed by atoms with E-state index in [1.165, 1.54) is 25.0 Å². The van der Waals surface area contributed by atoms with Gasteiger partial charge in [-0.25, -0.2) is 8.42 Å². The summed E-state index contributed by atoms with van der Waals surface area (Å²) in [6.07, 6.45) is 2.25. The molecule has 0 atom stereocenters. The van der Waals surface area contributed by atoms with Crippen molar-refractivity contribution in [2.24, 2.45) is 0 Å². The summed E-state index contributed by atoms with van der Waals surface area (Å²) < 4.78 is 36.9. The van der Waals surface area contributed by atoms with Crippen LogP contribution in [0.1, 0.15) is 50.4 Å². The van der Waals surface area contributed by atoms with Crippen molar-refractivity contribution in [1.29, 1.82) is 0 Å². The van der Waals surface area contributed by atoms with Gasteiger partial charge in [-0.2, -0.15) is 0 Å². The molecule has 10 heteroatoms. The molecule has 0 aliphatic carbocycles. The number of carbonyl (C=O) groups excluding carboxylic acids is 2. The number of sulfonamides is 1. The quantitative estimate of drug-likeness (QED) is 0.360. The van der Waals surface area contributed by atoms with Crippen LogP contribution in [-0.2, 0) is 19.6 Å². The zero-order chi connectivity index (χ0) is 26.2. The monoisotopic (exact) mass is 517 g/mol. The molecule has 1 aliphatic rings. The van der Waals surface area contributed by atoms with E-state index in [1.807, 2.05) is 0 Å². The largest absolute Gasteiger partial charge is 0.492 e. The summed E-state index contributed by atoms with van der Waals surface area (Å²) in [6.45, 7) is 8.59. The molecule has 0 saturated carbocycles. The summed E-state index contributed by atoms with van der Waals surface area (Å²) in [5, 5.41) is 0.926. The number of hydrogen-bond acceptors (Lipinski definition) is 7. The lowest BCUT2D eigenvalue weighted by Gasteiger charge is -2.24. The van der Waals surface area contributed by atoms with E-state index in [-0.39, 0.29) is 23.4 Å². The van der Waals surface area contributed by atoms with Crippen LogP contribution in [0.25, 0.3) is 0 Å². The van der Waals surface area contributed by atoms with Crippen molar-refractivity contribution in [3.63, 3.8) is 0 Å². The Morgan fingerprint density at radius 2 is 1.64 bits per heavy atom. The number of hydrazine groups is 1. The minimum atomic E-state index is -4.05. The number of carbonyl (C=O) groups is 2. The molecular weight excluding hydrogens is 482 g/mol. The minimum Gasteiger partial charge on any atom is -0.492 e. The van der Waals surface area contributed by atoms with Crippen molar-refractivity contribution < 1.29 is 27.5 Å². The second-order valence-electron chi connectivity index (χ2n) is 9.62. The average molecular weight is 518 g/mol. The Kier molecular flexibility index (Phi) is 9.47. The molecule has 0 radical (unpaired) electrons. The number of rotatable bonds is 11. The Bertz CT molecular complexity index is 1110. The number of nitrogens with zero attached hydrogens (tertiary/aromatic N) is 2. The van der Waals surface area contributed by atoms with Crippen LogP contribution < -0.4 is 9.57 Å². The van der Waals surface area contributed by atoms with Gasteiger partial charge < -0.3 is 9.47 Å². The van der Waals surface area contributed by atoms with Crippen LogP contribution in [0.2, 0.25) is 0 Å². The van der Waals surface area contributed by atoms with Gasteiger partial charge in [-0.1, -0.05) is 18.2 Å². The first-order chi connectivity index (χ1) is 17.0. The van der Waals surface area contributed by atoms with E-state index in [1.54, 1.807) is 63.2 Å². The van der Waals surface area contributed by atoms with Crippen LogP contribution in [0.3, 0.4) is 0 Å². The van der Waals surface area contributed by atoms with Crippen molar-refractivity contribution in [3.05, 3.63) is 60.2 Å². The van der Waals surface area contributed by atoms with Crippen molar-refractivity contribution in [2.45, 2.75) is 50.5 Å². The summed E-state index contributed by atoms with van der Waals surface area (Å²) in [7, 11) is -4.05. The van der Waals surface area contributed by atoms with Crippen LogP contribution >= 0.6 is 0 Å². The molecule has 1 heterocycles. The second-order valence-corrected chi connectivity index (χ2v) is 11.3. The van der Waals surface area contributed by atoms with Gasteiger partial charge in [0.05, 0.1) is 11.3 Å². The van der Waals surface area contributed by atoms with Crippen molar-refractivity contribution in [1.82, 2.24) is 14.7 Å². The molecule has 2 aromatic carbocycles. The molecule has 36 heavy (non-hydrogen) atoms. The third-order valence-corrected chi connectivity index (χ3v) is 6.82. The zero-order valence-electron chi connectivity index (χ0n) is 21.1. The smallest absolute Gasteiger partial charge is 0.308 e. The number of hydrogen-bond donors (Lipinski definition) is 1. The van der Waals surface area contributed by atoms with Crippen molar-refractivity contribution >= 4 is 21.9 Å². The summed E-state index contributed by atoms with van der Waals surface area (Å²) >= 11 is 0. The normalized spacial score (nSPS) is 14.4. The molecule has 0 aromatic heterocycles. The number of likely N-dealkylation sites (tertiary alicyclic amines) is 1. The van der Waals surface area contributed by atoms with E-state index < -0.39 is 27.5 Å². The van der Waals surface area contributed by atoms with Gasteiger partial charge in [0.1, 0.15) is 18.0 Å². The summed E-state index contributed by atoms with van der Waals surface area (Å²) in [5.41, 5.74) is -0.443. The molecule has 1 amide bonds. The van der Waals surface area contributed by atoms with Gasteiger partial charge in [0, 0.05) is 18.7 Å². The van der Waals surface area contributed by atoms with Gasteiger partial charge in [0.25, 0.3) is 15.9 Å². The molecular formula is C26H35N3O6S. The van der Waals surface area contributed by atoms with E-state index in [0.717, 1.165) is 24.6 Å². The molecule has 1 fully saturated rings. The van der Waals surface area contributed by atoms with Crippen molar-refractivity contribution in [3.8, 4) is 5.75 Å². The van der Waals surface area contributed by atoms with E-state index in [4.69, 9.17) is 9.47 Å². The van der Waals surface area contributed by atoms with Crippen LogP contribution in [-0.4, -0.2) is 68.6 Å². The molecule has 0 bridgehead atoms. The van der Waals surface area contributed by atoms with Crippen LogP contribution in [0, 0.1) is 0 Å². The van der Waals surface area contributed by atoms with E-state index in [0.29, 0.717) is 12.4 Å². The Labute approximate surface area is 213 Å². The zero-order valence-corrected chi connectivity index (χ0v) is 21.9. The lowest BCUT2D eigenvalue weighted by atomic mass is 10.2. The molecule has 1 aliphatic heterocycles. The standard InChI is InChI=1S/C26H35N3O6S/c1-26(2,3)35-24(30)15-18-29(27-36(32,33)23-9-5-4-6-10-23)25(31)21-11-13-22(14-12-21)34-20-19-28-16-7-8-17-28/h4-6,9-14,27H,7-8,15-20H2,1-3H3. The Morgan fingerprint density at radius 1 is 1.00 bits per heavy atom. The minimum absolute atomic E-state index is 0.00168. The molecule has 2 aromatic rings. The first kappa shape index (κ1) is 27.6.